The second kappa shape index (κ2) is 7.26. The first-order valence-corrected chi connectivity index (χ1v) is 9.67. The van der Waals surface area contributed by atoms with Gasteiger partial charge in [-0.2, -0.15) is 0 Å². The minimum atomic E-state index is -0.437. The van der Waals surface area contributed by atoms with Crippen molar-refractivity contribution in [2.45, 2.75) is 33.1 Å². The molecule has 0 bridgehead atoms. The predicted octanol–water partition coefficient (Wildman–Crippen LogP) is 4.38. The van der Waals surface area contributed by atoms with Gasteiger partial charge in [-0.1, -0.05) is 50.3 Å². The summed E-state index contributed by atoms with van der Waals surface area (Å²) in [5, 5.41) is 22.2. The Labute approximate surface area is 174 Å². The summed E-state index contributed by atoms with van der Waals surface area (Å²) >= 11 is 0. The van der Waals surface area contributed by atoms with E-state index in [2.05, 4.69) is 41.4 Å². The molecule has 4 rings (SSSR count). The summed E-state index contributed by atoms with van der Waals surface area (Å²) in [4.78, 5) is 17.3. The van der Waals surface area contributed by atoms with Crippen LogP contribution in [0.25, 0.3) is 16.6 Å². The van der Waals surface area contributed by atoms with Crippen LogP contribution in [0, 0.1) is 6.92 Å². The maximum atomic E-state index is 12.9. The van der Waals surface area contributed by atoms with Crippen molar-refractivity contribution in [1.82, 2.24) is 20.0 Å². The number of aromatic hydroxyl groups is 1. The first-order chi connectivity index (χ1) is 14.3. The highest BCUT2D eigenvalue weighted by atomic mass is 16.3. The molecule has 2 heterocycles. The Morgan fingerprint density at radius 3 is 2.63 bits per heavy atom. The number of hydrogen-bond donors (Lipinski definition) is 2. The van der Waals surface area contributed by atoms with Crippen LogP contribution >= 0.6 is 0 Å². The molecular formula is C23H23N5O2. The van der Waals surface area contributed by atoms with Gasteiger partial charge >= 0.3 is 0 Å². The van der Waals surface area contributed by atoms with Crippen molar-refractivity contribution in [1.29, 1.82) is 0 Å². The van der Waals surface area contributed by atoms with E-state index in [0.29, 0.717) is 11.4 Å². The smallest absolute Gasteiger partial charge is 0.278 e. The van der Waals surface area contributed by atoms with Gasteiger partial charge in [0.2, 0.25) is 0 Å². The fourth-order valence-corrected chi connectivity index (χ4v) is 3.31. The third kappa shape index (κ3) is 3.50. The van der Waals surface area contributed by atoms with Gasteiger partial charge in [0.05, 0.1) is 22.6 Å². The standard InChI is InChI=1S/C23H23N5O2/c1-14-20(22(30)25-17-13-16(23(2,3)4)10-11-19(17)29)26-27-28(14)18-9-5-7-15-8-6-12-24-21(15)18/h5-13,29H,1-4H3,(H,25,30). The number of aromatic nitrogens is 4. The molecule has 30 heavy (non-hydrogen) atoms. The van der Waals surface area contributed by atoms with E-state index in [1.54, 1.807) is 29.9 Å². The maximum Gasteiger partial charge on any atom is 0.278 e. The second-order valence-electron chi connectivity index (χ2n) is 8.22. The highest BCUT2D eigenvalue weighted by Gasteiger charge is 2.21. The normalized spacial score (nSPS) is 11.6. The zero-order valence-corrected chi connectivity index (χ0v) is 17.3. The average Bonchev–Trinajstić information content (AvgIpc) is 3.09. The number of rotatable bonds is 3. The van der Waals surface area contributed by atoms with Crippen molar-refractivity contribution >= 4 is 22.5 Å². The molecular weight excluding hydrogens is 378 g/mol. The number of benzene rings is 2. The molecule has 0 spiro atoms. The molecule has 0 aliphatic carbocycles. The summed E-state index contributed by atoms with van der Waals surface area (Å²) in [6, 6.07) is 14.8. The van der Waals surface area contributed by atoms with Crippen molar-refractivity contribution in [2.75, 3.05) is 5.32 Å². The van der Waals surface area contributed by atoms with Crippen molar-refractivity contribution in [3.05, 3.63) is 71.7 Å². The average molecular weight is 401 g/mol. The molecule has 0 aliphatic rings. The van der Waals surface area contributed by atoms with Gasteiger partial charge in [0.1, 0.15) is 5.75 Å². The molecule has 7 nitrogen and oxygen atoms in total. The van der Waals surface area contributed by atoms with Crippen molar-refractivity contribution < 1.29 is 9.90 Å². The molecule has 0 saturated carbocycles. The van der Waals surface area contributed by atoms with Crippen LogP contribution in [-0.2, 0) is 5.41 Å². The highest BCUT2D eigenvalue weighted by Crippen LogP contribution is 2.31. The molecule has 0 atom stereocenters. The number of pyridine rings is 1. The topological polar surface area (TPSA) is 92.9 Å². The number of amides is 1. The van der Waals surface area contributed by atoms with Gasteiger partial charge in [-0.3, -0.25) is 9.78 Å². The Morgan fingerprint density at radius 2 is 1.87 bits per heavy atom. The Kier molecular flexibility index (Phi) is 4.73. The molecule has 0 saturated heterocycles. The molecule has 2 aromatic heterocycles. The molecule has 0 aliphatic heterocycles. The Hall–Kier alpha value is -3.74. The Morgan fingerprint density at radius 1 is 1.10 bits per heavy atom. The number of hydrogen-bond acceptors (Lipinski definition) is 5. The molecule has 0 fully saturated rings. The van der Waals surface area contributed by atoms with Crippen molar-refractivity contribution in [3.8, 4) is 11.4 Å². The quantitative estimate of drug-likeness (QED) is 0.497. The Balaban J connectivity index is 1.69. The van der Waals surface area contributed by atoms with Crippen LogP contribution in [0.15, 0.2) is 54.7 Å². The largest absolute Gasteiger partial charge is 0.506 e. The number of anilines is 1. The fourth-order valence-electron chi connectivity index (χ4n) is 3.31. The number of carbonyl (C=O) groups excluding carboxylic acids is 1. The van der Waals surface area contributed by atoms with Crippen molar-refractivity contribution in [2.24, 2.45) is 0 Å². The molecule has 4 aromatic rings. The molecule has 0 radical (unpaired) electrons. The van der Waals surface area contributed by atoms with Gasteiger partial charge in [-0.25, -0.2) is 4.68 Å². The van der Waals surface area contributed by atoms with E-state index in [1.807, 2.05) is 36.4 Å². The first kappa shape index (κ1) is 19.6. The van der Waals surface area contributed by atoms with Gasteiger partial charge < -0.3 is 10.4 Å². The van der Waals surface area contributed by atoms with Crippen LogP contribution in [0.3, 0.4) is 0 Å². The van der Waals surface area contributed by atoms with E-state index in [9.17, 15) is 9.90 Å². The summed E-state index contributed by atoms with van der Waals surface area (Å²) in [7, 11) is 0. The van der Waals surface area contributed by atoms with E-state index in [0.717, 1.165) is 22.2 Å². The summed E-state index contributed by atoms with van der Waals surface area (Å²) in [6.45, 7) is 7.99. The maximum absolute atomic E-state index is 12.9. The summed E-state index contributed by atoms with van der Waals surface area (Å²) in [6.07, 6.45) is 1.72. The van der Waals surface area contributed by atoms with E-state index in [1.165, 1.54) is 0 Å². The van der Waals surface area contributed by atoms with Crippen LogP contribution in [0.2, 0.25) is 0 Å². The minimum Gasteiger partial charge on any atom is -0.506 e. The molecule has 1 amide bonds. The zero-order valence-electron chi connectivity index (χ0n) is 17.3. The third-order valence-electron chi connectivity index (χ3n) is 5.06. The lowest BCUT2D eigenvalue weighted by Crippen LogP contribution is -2.16. The first-order valence-electron chi connectivity index (χ1n) is 9.67. The minimum absolute atomic E-state index is 0.000326. The lowest BCUT2D eigenvalue weighted by Gasteiger charge is -2.20. The monoisotopic (exact) mass is 401 g/mol. The van der Waals surface area contributed by atoms with E-state index >= 15 is 0 Å². The fraction of sp³-hybridized carbons (Fsp3) is 0.217. The van der Waals surface area contributed by atoms with Crippen molar-refractivity contribution in [3.63, 3.8) is 0 Å². The van der Waals surface area contributed by atoms with Gasteiger partial charge in [0.25, 0.3) is 5.91 Å². The number of para-hydroxylation sites is 1. The third-order valence-corrected chi connectivity index (χ3v) is 5.06. The second-order valence-corrected chi connectivity index (χ2v) is 8.22. The number of nitrogens with zero attached hydrogens (tertiary/aromatic N) is 4. The molecule has 0 unspecified atom stereocenters. The van der Waals surface area contributed by atoms with Gasteiger partial charge in [0.15, 0.2) is 5.69 Å². The molecule has 2 aromatic carbocycles. The van der Waals surface area contributed by atoms with E-state index in [4.69, 9.17) is 0 Å². The van der Waals surface area contributed by atoms with E-state index < -0.39 is 5.91 Å². The van der Waals surface area contributed by atoms with E-state index in [-0.39, 0.29) is 16.9 Å². The van der Waals surface area contributed by atoms with Gasteiger partial charge in [-0.05, 0) is 42.2 Å². The van der Waals surface area contributed by atoms with Crippen LogP contribution in [0.4, 0.5) is 5.69 Å². The van der Waals surface area contributed by atoms with Gasteiger partial charge in [-0.15, -0.1) is 5.10 Å². The number of carbonyl (C=O) groups is 1. The highest BCUT2D eigenvalue weighted by molar-refractivity contribution is 6.04. The number of phenols is 1. The zero-order chi connectivity index (χ0) is 21.5. The van der Waals surface area contributed by atoms with Gasteiger partial charge in [0, 0.05) is 11.6 Å². The summed E-state index contributed by atoms with van der Waals surface area (Å²) < 4.78 is 1.61. The Bertz CT molecular complexity index is 1250. The number of nitrogens with one attached hydrogen (secondary N) is 1. The van der Waals surface area contributed by atoms with Crippen LogP contribution in [0.5, 0.6) is 5.75 Å². The number of fused-ring (bicyclic) bond motifs is 1. The lowest BCUT2D eigenvalue weighted by molar-refractivity contribution is 0.102. The summed E-state index contributed by atoms with van der Waals surface area (Å²) in [5.74, 6) is -0.437. The van der Waals surface area contributed by atoms with Crippen LogP contribution in [-0.4, -0.2) is 31.0 Å². The molecule has 152 valence electrons. The number of phenolic OH excluding ortho intramolecular Hbond substituents is 1. The van der Waals surface area contributed by atoms with Crippen LogP contribution in [0.1, 0.15) is 42.5 Å². The summed E-state index contributed by atoms with van der Waals surface area (Å²) in [5.41, 5.74) is 3.50. The lowest BCUT2D eigenvalue weighted by atomic mass is 9.87. The molecule has 2 N–H and O–H groups in total. The SMILES string of the molecule is Cc1c(C(=O)Nc2cc(C(C)(C)C)ccc2O)nnn1-c1cccc2cccnc12. The predicted molar refractivity (Wildman–Crippen MR) is 116 cm³/mol. The van der Waals surface area contributed by atoms with Crippen LogP contribution < -0.4 is 5.32 Å². The molecule has 7 heteroatoms.